The fourth-order valence-corrected chi connectivity index (χ4v) is 2.92. The van der Waals surface area contributed by atoms with Crippen LogP contribution in [0.15, 0.2) is 53.1 Å². The summed E-state index contributed by atoms with van der Waals surface area (Å²) >= 11 is 0. The van der Waals surface area contributed by atoms with Crippen molar-refractivity contribution >= 4 is 17.7 Å². The molecule has 0 bridgehead atoms. The highest BCUT2D eigenvalue weighted by Crippen LogP contribution is 2.30. The number of ether oxygens (including phenoxy) is 2. The number of nitrogens with zero attached hydrogens (tertiary/aromatic N) is 2. The third kappa shape index (κ3) is 5.72. The summed E-state index contributed by atoms with van der Waals surface area (Å²) in [5.41, 5.74) is 3.20. The van der Waals surface area contributed by atoms with Gasteiger partial charge < -0.3 is 19.3 Å². The maximum Gasteiger partial charge on any atom is 0.269 e. The van der Waals surface area contributed by atoms with Crippen molar-refractivity contribution < 1.29 is 23.7 Å². The summed E-state index contributed by atoms with van der Waals surface area (Å²) in [5.74, 6) is 1.51. The highest BCUT2D eigenvalue weighted by molar-refractivity contribution is 5.91. The van der Waals surface area contributed by atoms with Gasteiger partial charge in [-0.25, -0.2) is 0 Å². The van der Waals surface area contributed by atoms with Crippen molar-refractivity contribution in [1.82, 2.24) is 10.5 Å². The monoisotopic (exact) mass is 437 g/mol. The van der Waals surface area contributed by atoms with Gasteiger partial charge in [0.15, 0.2) is 11.5 Å². The number of nitrogens with one attached hydrogen (secondary N) is 1. The highest BCUT2D eigenvalue weighted by atomic mass is 16.6. The number of nitro groups is 1. The van der Waals surface area contributed by atoms with E-state index in [0.717, 1.165) is 22.4 Å². The number of nitro benzene ring substituents is 1. The quantitative estimate of drug-likeness (QED) is 0.304. The van der Waals surface area contributed by atoms with Crippen molar-refractivity contribution in [3.05, 3.63) is 86.8 Å². The van der Waals surface area contributed by atoms with Crippen molar-refractivity contribution in [3.8, 4) is 11.5 Å². The number of amides is 1. The SMILES string of the molecule is COc1cc(C=CC(=O)NCc2ccc([N+](=O)[O-])cc2)ccc1OCc1c(C)noc1C. The van der Waals surface area contributed by atoms with Gasteiger partial charge in [0.1, 0.15) is 12.4 Å². The molecule has 0 aliphatic rings. The minimum Gasteiger partial charge on any atom is -0.493 e. The molecule has 0 radical (unpaired) electrons. The van der Waals surface area contributed by atoms with E-state index in [0.29, 0.717) is 23.9 Å². The number of methoxy groups -OCH3 is 1. The second kappa shape index (κ2) is 10.3. The summed E-state index contributed by atoms with van der Waals surface area (Å²) in [5, 5.41) is 17.3. The lowest BCUT2D eigenvalue weighted by atomic mass is 10.1. The Kier molecular flexibility index (Phi) is 7.22. The fourth-order valence-electron chi connectivity index (χ4n) is 2.92. The Bertz CT molecular complexity index is 1120. The number of carbonyl (C=O) groups is 1. The van der Waals surface area contributed by atoms with Crippen molar-refractivity contribution in [2.45, 2.75) is 27.0 Å². The molecule has 0 unspecified atom stereocenters. The van der Waals surface area contributed by atoms with Crippen LogP contribution in [0.5, 0.6) is 11.5 Å². The Morgan fingerprint density at radius 2 is 1.94 bits per heavy atom. The van der Waals surface area contributed by atoms with Gasteiger partial charge >= 0.3 is 0 Å². The number of hydrogen-bond donors (Lipinski definition) is 1. The lowest BCUT2D eigenvalue weighted by molar-refractivity contribution is -0.384. The van der Waals surface area contributed by atoms with Gasteiger partial charge in [-0.1, -0.05) is 23.4 Å². The van der Waals surface area contributed by atoms with Crippen LogP contribution in [-0.2, 0) is 17.9 Å². The van der Waals surface area contributed by atoms with Crippen LogP contribution < -0.4 is 14.8 Å². The van der Waals surface area contributed by atoms with Crippen LogP contribution in [-0.4, -0.2) is 23.1 Å². The van der Waals surface area contributed by atoms with Gasteiger partial charge in [0.05, 0.1) is 23.3 Å². The molecule has 3 rings (SSSR count). The molecule has 9 nitrogen and oxygen atoms in total. The van der Waals surface area contributed by atoms with E-state index < -0.39 is 4.92 Å². The van der Waals surface area contributed by atoms with Gasteiger partial charge in [0, 0.05) is 24.8 Å². The molecule has 1 amide bonds. The predicted molar refractivity (Wildman–Crippen MR) is 117 cm³/mol. The number of aryl methyl sites for hydroxylation is 2. The van der Waals surface area contributed by atoms with Crippen molar-refractivity contribution in [2.75, 3.05) is 7.11 Å². The smallest absolute Gasteiger partial charge is 0.269 e. The van der Waals surface area contributed by atoms with Crippen molar-refractivity contribution in [3.63, 3.8) is 0 Å². The molecule has 166 valence electrons. The van der Waals surface area contributed by atoms with Gasteiger partial charge in [0.25, 0.3) is 5.69 Å². The summed E-state index contributed by atoms with van der Waals surface area (Å²) in [4.78, 5) is 22.3. The Hall–Kier alpha value is -4.14. The van der Waals surface area contributed by atoms with Crippen LogP contribution in [0, 0.1) is 24.0 Å². The molecular weight excluding hydrogens is 414 g/mol. The average Bonchev–Trinajstić information content (AvgIpc) is 3.12. The van der Waals surface area contributed by atoms with Crippen LogP contribution in [0.4, 0.5) is 5.69 Å². The lowest BCUT2D eigenvalue weighted by Crippen LogP contribution is -2.20. The van der Waals surface area contributed by atoms with E-state index in [1.165, 1.54) is 18.2 Å². The maximum atomic E-state index is 12.1. The number of rotatable bonds is 9. The van der Waals surface area contributed by atoms with E-state index >= 15 is 0 Å². The van der Waals surface area contributed by atoms with Crippen molar-refractivity contribution in [1.29, 1.82) is 0 Å². The van der Waals surface area contributed by atoms with Crippen molar-refractivity contribution in [2.24, 2.45) is 0 Å². The molecule has 0 aliphatic carbocycles. The molecule has 3 aromatic rings. The van der Waals surface area contributed by atoms with E-state index in [1.807, 2.05) is 19.9 Å². The topological polar surface area (TPSA) is 117 Å². The molecule has 0 saturated heterocycles. The molecular formula is C23H23N3O6. The van der Waals surface area contributed by atoms with Gasteiger partial charge in [-0.2, -0.15) is 0 Å². The summed E-state index contributed by atoms with van der Waals surface area (Å²) in [6, 6.07) is 11.4. The van der Waals surface area contributed by atoms with Gasteiger partial charge in [-0.15, -0.1) is 0 Å². The maximum absolute atomic E-state index is 12.1. The lowest BCUT2D eigenvalue weighted by Gasteiger charge is -2.11. The Labute approximate surface area is 184 Å². The van der Waals surface area contributed by atoms with E-state index in [9.17, 15) is 14.9 Å². The number of hydrogen-bond acceptors (Lipinski definition) is 7. The zero-order valence-corrected chi connectivity index (χ0v) is 18.0. The predicted octanol–water partition coefficient (Wildman–Crippen LogP) is 4.12. The third-order valence-corrected chi connectivity index (χ3v) is 4.78. The molecule has 0 saturated carbocycles. The first-order chi connectivity index (χ1) is 15.4. The molecule has 0 spiro atoms. The first-order valence-electron chi connectivity index (χ1n) is 9.79. The van der Waals surface area contributed by atoms with E-state index in [-0.39, 0.29) is 18.1 Å². The summed E-state index contributed by atoms with van der Waals surface area (Å²) in [6.45, 7) is 4.25. The van der Waals surface area contributed by atoms with Crippen LogP contribution in [0.3, 0.4) is 0 Å². The summed E-state index contributed by atoms with van der Waals surface area (Å²) in [7, 11) is 1.54. The minimum atomic E-state index is -0.466. The van der Waals surface area contributed by atoms with Gasteiger partial charge in [-0.05, 0) is 43.2 Å². The Balaban J connectivity index is 1.57. The van der Waals surface area contributed by atoms with E-state index in [2.05, 4.69) is 10.5 Å². The van der Waals surface area contributed by atoms with E-state index in [4.69, 9.17) is 14.0 Å². The van der Waals surface area contributed by atoms with Gasteiger partial charge in [-0.3, -0.25) is 14.9 Å². The zero-order valence-electron chi connectivity index (χ0n) is 18.0. The standard InChI is InChI=1S/C23H23N3O6/c1-15-20(16(2)32-25-15)14-31-21-10-6-17(12-22(21)30-3)7-11-23(27)24-13-18-4-8-19(9-5-18)26(28)29/h4-12H,13-14H2,1-3H3,(H,24,27). The summed E-state index contributed by atoms with van der Waals surface area (Å²) < 4.78 is 16.4. The molecule has 1 heterocycles. The fraction of sp³-hybridized carbons (Fsp3) is 0.217. The molecule has 0 aliphatic heterocycles. The first-order valence-corrected chi connectivity index (χ1v) is 9.79. The van der Waals surface area contributed by atoms with Crippen LogP contribution in [0.1, 0.15) is 28.1 Å². The molecule has 32 heavy (non-hydrogen) atoms. The van der Waals surface area contributed by atoms with Crippen LogP contribution in [0.2, 0.25) is 0 Å². The summed E-state index contributed by atoms with van der Waals surface area (Å²) in [6.07, 6.45) is 3.07. The van der Waals surface area contributed by atoms with Gasteiger partial charge in [0.2, 0.25) is 5.91 Å². The molecule has 0 atom stereocenters. The number of carbonyl (C=O) groups excluding carboxylic acids is 1. The number of aromatic nitrogens is 1. The highest BCUT2D eigenvalue weighted by Gasteiger charge is 2.12. The second-order valence-electron chi connectivity index (χ2n) is 6.98. The molecule has 1 N–H and O–H groups in total. The second-order valence-corrected chi connectivity index (χ2v) is 6.98. The number of non-ortho nitro benzene ring substituents is 1. The average molecular weight is 437 g/mol. The Morgan fingerprint density at radius 3 is 2.56 bits per heavy atom. The largest absolute Gasteiger partial charge is 0.493 e. The minimum absolute atomic E-state index is 0.00745. The molecule has 9 heteroatoms. The van der Waals surface area contributed by atoms with Crippen LogP contribution >= 0.6 is 0 Å². The Morgan fingerprint density at radius 1 is 1.19 bits per heavy atom. The zero-order chi connectivity index (χ0) is 23.1. The third-order valence-electron chi connectivity index (χ3n) is 4.78. The molecule has 0 fully saturated rings. The van der Waals surface area contributed by atoms with E-state index in [1.54, 1.807) is 37.5 Å². The normalized spacial score (nSPS) is 10.8. The number of benzene rings is 2. The first kappa shape index (κ1) is 22.5. The molecule has 1 aromatic heterocycles. The van der Waals surface area contributed by atoms with Crippen LogP contribution in [0.25, 0.3) is 6.08 Å². The molecule has 2 aromatic carbocycles.